The van der Waals surface area contributed by atoms with E-state index in [9.17, 15) is 16.8 Å². The Bertz CT molecular complexity index is 1010. The molecule has 0 unspecified atom stereocenters. The van der Waals surface area contributed by atoms with Crippen molar-refractivity contribution in [2.24, 2.45) is 11.8 Å². The molecule has 0 heterocycles. The number of sulfonamides is 2. The van der Waals surface area contributed by atoms with Crippen molar-refractivity contribution in [1.29, 1.82) is 0 Å². The average Bonchev–Trinajstić information content (AvgIpc) is 2.61. The summed E-state index contributed by atoms with van der Waals surface area (Å²) in [6, 6.07) is 12.1. The van der Waals surface area contributed by atoms with E-state index in [1.807, 2.05) is 27.7 Å². The average molecular weight is 503 g/mol. The SMILES string of the molecule is CC(C)CN(CC(C)C)S(=O)(=O)c1ccc(NS(=O)(=O)c2ccc(Br)cc2)cc1. The topological polar surface area (TPSA) is 83.6 Å². The first-order valence-electron chi connectivity index (χ1n) is 9.30. The maximum absolute atomic E-state index is 13.0. The van der Waals surface area contributed by atoms with Crippen molar-refractivity contribution in [2.75, 3.05) is 17.8 Å². The van der Waals surface area contributed by atoms with E-state index >= 15 is 0 Å². The van der Waals surface area contributed by atoms with Gasteiger partial charge in [0.1, 0.15) is 0 Å². The number of nitrogens with zero attached hydrogens (tertiary/aromatic N) is 1. The Labute approximate surface area is 182 Å². The second-order valence-electron chi connectivity index (χ2n) is 7.69. The van der Waals surface area contributed by atoms with Crippen LogP contribution in [0.4, 0.5) is 5.69 Å². The van der Waals surface area contributed by atoms with Gasteiger partial charge in [0.2, 0.25) is 10.0 Å². The third kappa shape index (κ3) is 6.53. The molecule has 0 saturated carbocycles. The first-order chi connectivity index (χ1) is 13.4. The van der Waals surface area contributed by atoms with Crippen LogP contribution in [0.1, 0.15) is 27.7 Å². The zero-order chi connectivity index (χ0) is 21.8. The van der Waals surface area contributed by atoms with Gasteiger partial charge in [-0.2, -0.15) is 4.31 Å². The normalized spacial score (nSPS) is 12.7. The van der Waals surface area contributed by atoms with E-state index in [1.165, 1.54) is 40.7 Å². The lowest BCUT2D eigenvalue weighted by molar-refractivity contribution is 0.333. The molecule has 0 aliphatic carbocycles. The molecule has 0 radical (unpaired) electrons. The van der Waals surface area contributed by atoms with Gasteiger partial charge >= 0.3 is 0 Å². The Morgan fingerprint density at radius 1 is 0.793 bits per heavy atom. The second kappa shape index (κ2) is 9.59. The van der Waals surface area contributed by atoms with Gasteiger partial charge in [-0.05, 0) is 60.4 Å². The predicted molar refractivity (Wildman–Crippen MR) is 120 cm³/mol. The second-order valence-corrected chi connectivity index (χ2v) is 12.2. The molecule has 2 aromatic rings. The van der Waals surface area contributed by atoms with E-state index in [0.29, 0.717) is 18.8 Å². The molecular formula is C20H27BrN2O4S2. The van der Waals surface area contributed by atoms with Crippen LogP contribution in [0.5, 0.6) is 0 Å². The minimum atomic E-state index is -3.76. The van der Waals surface area contributed by atoms with Crippen molar-refractivity contribution in [3.05, 3.63) is 53.0 Å². The highest BCUT2D eigenvalue weighted by Crippen LogP contribution is 2.23. The van der Waals surface area contributed by atoms with Crippen LogP contribution in [0.3, 0.4) is 0 Å². The van der Waals surface area contributed by atoms with Crippen LogP contribution < -0.4 is 4.72 Å². The maximum atomic E-state index is 13.0. The standard InChI is InChI=1S/C20H27BrN2O4S2/c1-15(2)13-23(14-16(3)4)29(26,27)20-11-7-18(8-12-20)22-28(24,25)19-9-5-17(21)6-10-19/h5-12,15-16,22H,13-14H2,1-4H3. The Hall–Kier alpha value is -1.42. The highest BCUT2D eigenvalue weighted by atomic mass is 79.9. The van der Waals surface area contributed by atoms with E-state index in [4.69, 9.17) is 0 Å². The van der Waals surface area contributed by atoms with Crippen LogP contribution in [-0.4, -0.2) is 34.2 Å². The lowest BCUT2D eigenvalue weighted by Crippen LogP contribution is -2.37. The van der Waals surface area contributed by atoms with Gasteiger partial charge in [-0.1, -0.05) is 43.6 Å². The first kappa shape index (κ1) is 23.9. The van der Waals surface area contributed by atoms with Crippen LogP contribution in [0.25, 0.3) is 0 Å². The molecule has 0 aromatic heterocycles. The molecule has 0 atom stereocenters. The van der Waals surface area contributed by atoms with E-state index in [-0.39, 0.29) is 21.6 Å². The summed E-state index contributed by atoms with van der Waals surface area (Å²) >= 11 is 3.27. The fraction of sp³-hybridized carbons (Fsp3) is 0.400. The molecule has 2 rings (SSSR count). The zero-order valence-electron chi connectivity index (χ0n) is 17.0. The molecular weight excluding hydrogens is 476 g/mol. The third-order valence-corrected chi connectivity index (χ3v) is 7.78. The summed E-state index contributed by atoms with van der Waals surface area (Å²) in [5.41, 5.74) is 0.297. The van der Waals surface area contributed by atoms with Gasteiger partial charge in [-0.15, -0.1) is 0 Å². The number of benzene rings is 2. The molecule has 6 nitrogen and oxygen atoms in total. The van der Waals surface area contributed by atoms with Crippen LogP contribution in [0, 0.1) is 11.8 Å². The van der Waals surface area contributed by atoms with Crippen molar-refractivity contribution in [2.45, 2.75) is 37.5 Å². The van der Waals surface area contributed by atoms with Gasteiger partial charge in [0.25, 0.3) is 10.0 Å². The lowest BCUT2D eigenvalue weighted by Gasteiger charge is -2.25. The fourth-order valence-corrected chi connectivity index (χ4v) is 5.85. The number of halogens is 1. The molecule has 0 saturated heterocycles. The Kier molecular flexibility index (Phi) is 7.89. The molecule has 160 valence electrons. The highest BCUT2D eigenvalue weighted by molar-refractivity contribution is 9.10. The van der Waals surface area contributed by atoms with Gasteiger partial charge in [-0.3, -0.25) is 4.72 Å². The zero-order valence-corrected chi connectivity index (χ0v) is 20.2. The summed E-state index contributed by atoms with van der Waals surface area (Å²) < 4.78 is 55.8. The molecule has 29 heavy (non-hydrogen) atoms. The van der Waals surface area contributed by atoms with E-state index in [0.717, 1.165) is 4.47 Å². The van der Waals surface area contributed by atoms with Crippen molar-refractivity contribution in [3.63, 3.8) is 0 Å². The highest BCUT2D eigenvalue weighted by Gasteiger charge is 2.26. The molecule has 0 spiro atoms. The van der Waals surface area contributed by atoms with Crippen molar-refractivity contribution >= 4 is 41.7 Å². The van der Waals surface area contributed by atoms with Gasteiger partial charge in [0.15, 0.2) is 0 Å². The Morgan fingerprint density at radius 3 is 1.69 bits per heavy atom. The molecule has 0 aliphatic rings. The quantitative estimate of drug-likeness (QED) is 0.544. The lowest BCUT2D eigenvalue weighted by atomic mass is 10.2. The van der Waals surface area contributed by atoms with E-state index < -0.39 is 20.0 Å². The van der Waals surface area contributed by atoms with Gasteiger partial charge in [0.05, 0.1) is 9.79 Å². The summed E-state index contributed by atoms with van der Waals surface area (Å²) in [6.45, 7) is 8.76. The minimum absolute atomic E-state index is 0.123. The first-order valence-corrected chi connectivity index (χ1v) is 13.0. The molecule has 0 bridgehead atoms. The van der Waals surface area contributed by atoms with Crippen LogP contribution in [0.2, 0.25) is 0 Å². The number of hydrogen-bond donors (Lipinski definition) is 1. The monoisotopic (exact) mass is 502 g/mol. The fourth-order valence-electron chi connectivity index (χ4n) is 2.76. The van der Waals surface area contributed by atoms with Crippen LogP contribution >= 0.6 is 15.9 Å². The van der Waals surface area contributed by atoms with Gasteiger partial charge in [0, 0.05) is 23.2 Å². The summed E-state index contributed by atoms with van der Waals surface area (Å²) in [7, 11) is -7.41. The minimum Gasteiger partial charge on any atom is -0.280 e. The molecule has 1 N–H and O–H groups in total. The van der Waals surface area contributed by atoms with Crippen LogP contribution in [0.15, 0.2) is 62.8 Å². The number of hydrogen-bond acceptors (Lipinski definition) is 4. The molecule has 0 amide bonds. The Morgan fingerprint density at radius 2 is 1.24 bits per heavy atom. The molecule has 2 aromatic carbocycles. The number of rotatable bonds is 9. The smallest absolute Gasteiger partial charge is 0.261 e. The predicted octanol–water partition coefficient (Wildman–Crippen LogP) is 4.55. The van der Waals surface area contributed by atoms with Crippen molar-refractivity contribution in [3.8, 4) is 0 Å². The Balaban J connectivity index is 2.25. The number of nitrogens with one attached hydrogen (secondary N) is 1. The maximum Gasteiger partial charge on any atom is 0.261 e. The number of anilines is 1. The van der Waals surface area contributed by atoms with Crippen LogP contribution in [-0.2, 0) is 20.0 Å². The summed E-state index contributed by atoms with van der Waals surface area (Å²) in [5, 5.41) is 0. The van der Waals surface area contributed by atoms with E-state index in [2.05, 4.69) is 20.7 Å². The van der Waals surface area contributed by atoms with Crippen molar-refractivity contribution < 1.29 is 16.8 Å². The van der Waals surface area contributed by atoms with Gasteiger partial charge in [-0.25, -0.2) is 16.8 Å². The van der Waals surface area contributed by atoms with Gasteiger partial charge < -0.3 is 0 Å². The summed E-state index contributed by atoms with van der Waals surface area (Å²) in [4.78, 5) is 0.267. The third-order valence-electron chi connectivity index (χ3n) is 4.01. The van der Waals surface area contributed by atoms with Crippen molar-refractivity contribution in [1.82, 2.24) is 4.31 Å². The molecule has 0 aliphatic heterocycles. The summed E-state index contributed by atoms with van der Waals surface area (Å²) in [6.07, 6.45) is 0. The van der Waals surface area contributed by atoms with E-state index in [1.54, 1.807) is 12.1 Å². The molecule has 0 fully saturated rings. The molecule has 9 heteroatoms. The summed E-state index contributed by atoms with van der Waals surface area (Å²) in [5.74, 6) is 0.390. The largest absolute Gasteiger partial charge is 0.280 e.